The first-order chi connectivity index (χ1) is 12.1. The van der Waals surface area contributed by atoms with Crippen molar-refractivity contribution in [2.75, 3.05) is 24.5 Å². The number of piperidine rings is 2. The molecule has 136 valence electrons. The lowest BCUT2D eigenvalue weighted by Gasteiger charge is -2.41. The van der Waals surface area contributed by atoms with Gasteiger partial charge in [-0.2, -0.15) is 0 Å². The van der Waals surface area contributed by atoms with Gasteiger partial charge in [0.15, 0.2) is 0 Å². The first-order valence-electron chi connectivity index (χ1n) is 9.50. The zero-order valence-electron chi connectivity index (χ0n) is 15.3. The molecule has 0 aromatic heterocycles. The zero-order chi connectivity index (χ0) is 17.8. The van der Waals surface area contributed by atoms with Crippen LogP contribution in [0.2, 0.25) is 0 Å². The lowest BCUT2D eigenvalue weighted by atomic mass is 9.91. The Morgan fingerprint density at radius 3 is 2.64 bits per heavy atom. The van der Waals surface area contributed by atoms with Crippen LogP contribution >= 0.6 is 0 Å². The van der Waals surface area contributed by atoms with Gasteiger partial charge in [-0.3, -0.25) is 9.59 Å². The van der Waals surface area contributed by atoms with Crippen molar-refractivity contribution < 1.29 is 9.59 Å². The van der Waals surface area contributed by atoms with E-state index in [1.54, 1.807) is 0 Å². The molecule has 0 radical (unpaired) electrons. The third kappa shape index (κ3) is 4.03. The molecular formula is C20H29N3O2. The molecule has 0 saturated carbocycles. The highest BCUT2D eigenvalue weighted by Gasteiger charge is 2.34. The van der Waals surface area contributed by atoms with Crippen molar-refractivity contribution in [2.24, 2.45) is 5.92 Å². The quantitative estimate of drug-likeness (QED) is 0.913. The Kier molecular flexibility index (Phi) is 5.74. The number of nitrogens with zero attached hydrogens (tertiary/aromatic N) is 2. The van der Waals surface area contributed by atoms with Gasteiger partial charge in [-0.05, 0) is 37.3 Å². The topological polar surface area (TPSA) is 52.7 Å². The smallest absolute Gasteiger partial charge is 0.244 e. The molecule has 1 aromatic carbocycles. The third-order valence-electron chi connectivity index (χ3n) is 5.48. The molecule has 0 aliphatic carbocycles. The summed E-state index contributed by atoms with van der Waals surface area (Å²) in [4.78, 5) is 28.7. The Bertz CT molecular complexity index is 604. The van der Waals surface area contributed by atoms with Crippen molar-refractivity contribution in [3.63, 3.8) is 0 Å². The van der Waals surface area contributed by atoms with Crippen LogP contribution in [-0.4, -0.2) is 48.4 Å². The van der Waals surface area contributed by atoms with Gasteiger partial charge in [0, 0.05) is 37.8 Å². The van der Waals surface area contributed by atoms with E-state index in [0.29, 0.717) is 18.4 Å². The highest BCUT2D eigenvalue weighted by atomic mass is 16.2. The van der Waals surface area contributed by atoms with E-state index in [0.717, 1.165) is 44.6 Å². The minimum Gasteiger partial charge on any atom is -0.342 e. The summed E-state index contributed by atoms with van der Waals surface area (Å²) >= 11 is 0. The molecule has 0 bridgehead atoms. The lowest BCUT2D eigenvalue weighted by Crippen LogP contribution is -2.58. The maximum absolute atomic E-state index is 12.9. The molecule has 5 heteroatoms. The van der Waals surface area contributed by atoms with Crippen molar-refractivity contribution in [1.82, 2.24) is 10.2 Å². The molecule has 3 rings (SSSR count). The Hall–Kier alpha value is -1.88. The fourth-order valence-corrected chi connectivity index (χ4v) is 4.00. The van der Waals surface area contributed by atoms with E-state index in [2.05, 4.69) is 12.2 Å². The van der Waals surface area contributed by atoms with Crippen LogP contribution in [0.1, 0.15) is 39.5 Å². The summed E-state index contributed by atoms with van der Waals surface area (Å²) in [6.45, 7) is 6.46. The summed E-state index contributed by atoms with van der Waals surface area (Å²) in [6, 6.07) is 10.1. The molecule has 2 aliphatic heterocycles. The Morgan fingerprint density at radius 1 is 1.20 bits per heavy atom. The zero-order valence-corrected chi connectivity index (χ0v) is 15.3. The van der Waals surface area contributed by atoms with Crippen molar-refractivity contribution in [1.29, 1.82) is 0 Å². The van der Waals surface area contributed by atoms with Crippen LogP contribution in [0.3, 0.4) is 0 Å². The van der Waals surface area contributed by atoms with Gasteiger partial charge in [0.05, 0.1) is 6.04 Å². The summed E-state index contributed by atoms with van der Waals surface area (Å²) in [6.07, 6.45) is 3.39. The van der Waals surface area contributed by atoms with E-state index < -0.39 is 0 Å². The number of amides is 2. The standard InChI is InChI=1S/C20H29N3O2/c1-3-19(24)22-13-11-17(15(2)14-22)21-18-10-7-12-23(20(18)25)16-8-5-4-6-9-16/h4-6,8-9,15,17-18,21H,3,7,10-14H2,1-2H3/t15-,17+,18-/m1/s1. The van der Waals surface area contributed by atoms with Gasteiger partial charge < -0.3 is 15.1 Å². The first-order valence-corrected chi connectivity index (χ1v) is 9.50. The van der Waals surface area contributed by atoms with E-state index in [1.165, 1.54) is 0 Å². The normalized spacial score (nSPS) is 27.4. The van der Waals surface area contributed by atoms with Gasteiger partial charge in [0.25, 0.3) is 0 Å². The summed E-state index contributed by atoms with van der Waals surface area (Å²) < 4.78 is 0. The second-order valence-electron chi connectivity index (χ2n) is 7.25. The maximum atomic E-state index is 12.9. The van der Waals surface area contributed by atoms with E-state index >= 15 is 0 Å². The molecule has 3 atom stereocenters. The fourth-order valence-electron chi connectivity index (χ4n) is 4.00. The van der Waals surface area contributed by atoms with Gasteiger partial charge in [-0.15, -0.1) is 0 Å². The van der Waals surface area contributed by atoms with Crippen LogP contribution in [0, 0.1) is 5.92 Å². The molecule has 2 amide bonds. The van der Waals surface area contributed by atoms with E-state index in [-0.39, 0.29) is 17.9 Å². The summed E-state index contributed by atoms with van der Waals surface area (Å²) in [5.41, 5.74) is 0.982. The monoisotopic (exact) mass is 343 g/mol. The second kappa shape index (κ2) is 8.00. The predicted octanol–water partition coefficient (Wildman–Crippen LogP) is 2.42. The minimum atomic E-state index is -0.116. The van der Waals surface area contributed by atoms with Gasteiger partial charge in [0.2, 0.25) is 11.8 Å². The molecule has 1 aromatic rings. The molecule has 2 heterocycles. The number of anilines is 1. The average molecular weight is 343 g/mol. The molecule has 2 saturated heterocycles. The first kappa shape index (κ1) is 17.9. The molecule has 0 unspecified atom stereocenters. The molecule has 1 N–H and O–H groups in total. The van der Waals surface area contributed by atoms with E-state index in [1.807, 2.05) is 47.1 Å². The Balaban J connectivity index is 1.61. The number of para-hydroxylation sites is 1. The highest BCUT2D eigenvalue weighted by molar-refractivity contribution is 5.97. The Morgan fingerprint density at radius 2 is 1.96 bits per heavy atom. The third-order valence-corrected chi connectivity index (χ3v) is 5.48. The van der Waals surface area contributed by atoms with Crippen molar-refractivity contribution in [3.05, 3.63) is 30.3 Å². The number of carbonyl (C=O) groups excluding carboxylic acids is 2. The summed E-state index contributed by atoms with van der Waals surface area (Å²) in [5, 5.41) is 3.61. The SMILES string of the molecule is CCC(=O)N1CC[C@H](N[C@@H]2CCCN(c3ccccc3)C2=O)[C@H](C)C1. The van der Waals surface area contributed by atoms with Crippen molar-refractivity contribution >= 4 is 17.5 Å². The van der Waals surface area contributed by atoms with Crippen LogP contribution in [0.4, 0.5) is 5.69 Å². The number of likely N-dealkylation sites (tertiary alicyclic amines) is 1. The lowest BCUT2D eigenvalue weighted by molar-refractivity contribution is -0.133. The van der Waals surface area contributed by atoms with E-state index in [4.69, 9.17) is 0 Å². The number of hydrogen-bond donors (Lipinski definition) is 1. The van der Waals surface area contributed by atoms with Gasteiger partial charge in [-0.25, -0.2) is 0 Å². The van der Waals surface area contributed by atoms with Gasteiger partial charge in [0.1, 0.15) is 0 Å². The summed E-state index contributed by atoms with van der Waals surface area (Å²) in [5.74, 6) is 0.773. The predicted molar refractivity (Wildman–Crippen MR) is 99.4 cm³/mol. The largest absolute Gasteiger partial charge is 0.342 e. The molecule has 2 aliphatic rings. The Labute approximate surface area is 150 Å². The van der Waals surface area contributed by atoms with Crippen LogP contribution < -0.4 is 10.2 Å². The molecule has 25 heavy (non-hydrogen) atoms. The molecule has 2 fully saturated rings. The molecular weight excluding hydrogens is 314 g/mol. The highest BCUT2D eigenvalue weighted by Crippen LogP contribution is 2.23. The second-order valence-corrected chi connectivity index (χ2v) is 7.25. The number of carbonyl (C=O) groups is 2. The number of nitrogens with one attached hydrogen (secondary N) is 1. The average Bonchev–Trinajstić information content (AvgIpc) is 2.65. The van der Waals surface area contributed by atoms with Crippen LogP contribution in [0.5, 0.6) is 0 Å². The minimum absolute atomic E-state index is 0.116. The molecule has 5 nitrogen and oxygen atoms in total. The van der Waals surface area contributed by atoms with Crippen LogP contribution in [-0.2, 0) is 9.59 Å². The summed E-state index contributed by atoms with van der Waals surface area (Å²) in [7, 11) is 0. The van der Waals surface area contributed by atoms with Crippen molar-refractivity contribution in [2.45, 2.75) is 51.6 Å². The van der Waals surface area contributed by atoms with E-state index in [9.17, 15) is 9.59 Å². The van der Waals surface area contributed by atoms with Gasteiger partial charge >= 0.3 is 0 Å². The van der Waals surface area contributed by atoms with Crippen LogP contribution in [0.15, 0.2) is 30.3 Å². The number of rotatable bonds is 4. The fraction of sp³-hybridized carbons (Fsp3) is 0.600. The maximum Gasteiger partial charge on any atom is 0.244 e. The van der Waals surface area contributed by atoms with Gasteiger partial charge in [-0.1, -0.05) is 32.0 Å². The molecule has 0 spiro atoms. The van der Waals surface area contributed by atoms with Crippen molar-refractivity contribution in [3.8, 4) is 0 Å². The van der Waals surface area contributed by atoms with Crippen LogP contribution in [0.25, 0.3) is 0 Å². The number of hydrogen-bond acceptors (Lipinski definition) is 3. The number of benzene rings is 1.